The maximum atomic E-state index is 13.2. The first-order valence-corrected chi connectivity index (χ1v) is 14.1. The van der Waals surface area contributed by atoms with Crippen molar-refractivity contribution in [2.75, 3.05) is 49.1 Å². The Morgan fingerprint density at radius 2 is 1.74 bits per heavy atom. The minimum Gasteiger partial charge on any atom is -0.357 e. The van der Waals surface area contributed by atoms with Crippen LogP contribution in [-0.4, -0.2) is 64.4 Å². The first kappa shape index (κ1) is 25.1. The van der Waals surface area contributed by atoms with Crippen molar-refractivity contribution >= 4 is 50.5 Å². The van der Waals surface area contributed by atoms with Crippen molar-refractivity contribution in [1.82, 2.24) is 19.2 Å². The van der Waals surface area contributed by atoms with Gasteiger partial charge in [-0.25, -0.2) is 9.97 Å². The second kappa shape index (κ2) is 10.1. The lowest BCUT2D eigenvalue weighted by Crippen LogP contribution is -2.49. The Kier molecular flexibility index (Phi) is 6.68. The van der Waals surface area contributed by atoms with E-state index in [4.69, 9.17) is 0 Å². The van der Waals surface area contributed by atoms with Crippen molar-refractivity contribution in [3.8, 4) is 0 Å². The summed E-state index contributed by atoms with van der Waals surface area (Å²) in [5.74, 6) is 1.46. The molecule has 0 spiro atoms. The molecular formula is C26H25F3N6OS2. The maximum Gasteiger partial charge on any atom is 0.416 e. The predicted molar refractivity (Wildman–Crippen MR) is 143 cm³/mol. The lowest BCUT2D eigenvalue weighted by molar-refractivity contribution is -0.137. The van der Waals surface area contributed by atoms with Crippen molar-refractivity contribution < 1.29 is 18.0 Å². The van der Waals surface area contributed by atoms with Gasteiger partial charge in [0.15, 0.2) is 0 Å². The number of rotatable bonds is 4. The van der Waals surface area contributed by atoms with Crippen LogP contribution in [0.5, 0.6) is 0 Å². The summed E-state index contributed by atoms with van der Waals surface area (Å²) in [7, 11) is 0. The molecule has 6 rings (SSSR count). The van der Waals surface area contributed by atoms with E-state index in [9.17, 15) is 18.0 Å². The highest BCUT2D eigenvalue weighted by Gasteiger charge is 2.32. The standard InChI is InChI=1S/C26H25F3N6OS2/c27-26(28,29)18-5-8-30-22(15-18)33-9-6-17(7-10-33)24-31-20(16-37-24)25(36)35-13-11-34(12-14-35)23-19-3-1-2-4-21(19)38-32-23/h1-5,8,15-17H,6-7,9-14H2. The molecule has 1 amide bonds. The SMILES string of the molecule is O=C(c1csc(C2CCN(c3cc(C(F)(F)F)ccn3)CC2)n1)N1CCN(c2nsc3ccccc23)CC1. The molecule has 2 saturated heterocycles. The van der Waals surface area contributed by atoms with Crippen molar-refractivity contribution in [2.24, 2.45) is 0 Å². The number of aromatic nitrogens is 3. The normalized spacial score (nSPS) is 17.4. The molecule has 5 heterocycles. The molecule has 198 valence electrons. The van der Waals surface area contributed by atoms with E-state index < -0.39 is 11.7 Å². The van der Waals surface area contributed by atoms with Crippen LogP contribution in [0.15, 0.2) is 48.0 Å². The zero-order valence-electron chi connectivity index (χ0n) is 20.4. The fourth-order valence-electron chi connectivity index (χ4n) is 5.08. The van der Waals surface area contributed by atoms with Gasteiger partial charge >= 0.3 is 6.18 Å². The van der Waals surface area contributed by atoms with Gasteiger partial charge in [-0.1, -0.05) is 12.1 Å². The van der Waals surface area contributed by atoms with E-state index in [1.165, 1.54) is 29.1 Å². The summed E-state index contributed by atoms with van der Waals surface area (Å²) in [4.78, 5) is 28.0. The number of alkyl halides is 3. The fourth-order valence-corrected chi connectivity index (χ4v) is 6.84. The van der Waals surface area contributed by atoms with Crippen molar-refractivity contribution in [1.29, 1.82) is 0 Å². The molecule has 0 atom stereocenters. The summed E-state index contributed by atoms with van der Waals surface area (Å²) in [6, 6.07) is 10.3. The van der Waals surface area contributed by atoms with E-state index in [1.807, 2.05) is 27.3 Å². The predicted octanol–water partition coefficient (Wildman–Crippen LogP) is 5.51. The van der Waals surface area contributed by atoms with Crippen LogP contribution in [0.3, 0.4) is 0 Å². The zero-order chi connectivity index (χ0) is 26.3. The van der Waals surface area contributed by atoms with Gasteiger partial charge in [0.25, 0.3) is 5.91 Å². The summed E-state index contributed by atoms with van der Waals surface area (Å²) in [5, 5.41) is 3.90. The first-order valence-electron chi connectivity index (χ1n) is 12.5. The van der Waals surface area contributed by atoms with Crippen molar-refractivity contribution in [2.45, 2.75) is 24.9 Å². The topological polar surface area (TPSA) is 65.5 Å². The molecule has 7 nitrogen and oxygen atoms in total. The van der Waals surface area contributed by atoms with Crippen LogP contribution in [-0.2, 0) is 6.18 Å². The number of anilines is 2. The number of pyridine rings is 1. The highest BCUT2D eigenvalue weighted by molar-refractivity contribution is 7.13. The number of nitrogens with zero attached hydrogens (tertiary/aromatic N) is 6. The second-order valence-corrected chi connectivity index (χ2v) is 11.2. The Balaban J connectivity index is 1.05. The lowest BCUT2D eigenvalue weighted by Gasteiger charge is -2.34. The van der Waals surface area contributed by atoms with Crippen LogP contribution in [0.1, 0.15) is 39.8 Å². The van der Waals surface area contributed by atoms with Crippen LogP contribution in [0.4, 0.5) is 24.8 Å². The average molecular weight is 559 g/mol. The molecule has 0 bridgehead atoms. The first-order chi connectivity index (χ1) is 18.4. The van der Waals surface area contributed by atoms with Gasteiger partial charge in [-0.2, -0.15) is 17.5 Å². The number of fused-ring (bicyclic) bond motifs is 1. The minimum atomic E-state index is -4.39. The van der Waals surface area contributed by atoms with Crippen molar-refractivity contribution in [3.05, 3.63) is 64.2 Å². The monoisotopic (exact) mass is 558 g/mol. The highest BCUT2D eigenvalue weighted by Crippen LogP contribution is 2.35. The van der Waals surface area contributed by atoms with Gasteiger partial charge in [-0.05, 0) is 48.6 Å². The van der Waals surface area contributed by atoms with Gasteiger partial charge < -0.3 is 14.7 Å². The van der Waals surface area contributed by atoms with Gasteiger partial charge in [0, 0.05) is 62.1 Å². The van der Waals surface area contributed by atoms with Gasteiger partial charge in [0.1, 0.15) is 17.3 Å². The molecule has 2 fully saturated rings. The fraction of sp³-hybridized carbons (Fsp3) is 0.385. The summed E-state index contributed by atoms with van der Waals surface area (Å²) >= 11 is 2.99. The van der Waals surface area contributed by atoms with Crippen LogP contribution >= 0.6 is 22.9 Å². The smallest absolute Gasteiger partial charge is 0.357 e. The third kappa shape index (κ3) is 4.94. The molecule has 1 aromatic carbocycles. The molecule has 3 aromatic heterocycles. The van der Waals surface area contributed by atoms with E-state index in [0.717, 1.165) is 59.0 Å². The molecular weight excluding hydrogens is 533 g/mol. The second-order valence-electron chi connectivity index (χ2n) is 9.51. The molecule has 0 N–H and O–H groups in total. The van der Waals surface area contributed by atoms with Gasteiger partial charge in [-0.15, -0.1) is 11.3 Å². The molecule has 12 heteroatoms. The largest absolute Gasteiger partial charge is 0.416 e. The number of halogens is 3. The summed E-state index contributed by atoms with van der Waals surface area (Å²) in [6.45, 7) is 3.85. The Morgan fingerprint density at radius 3 is 2.50 bits per heavy atom. The van der Waals surface area contributed by atoms with Crippen LogP contribution in [0, 0.1) is 0 Å². The number of amides is 1. The average Bonchev–Trinajstić information content (AvgIpc) is 3.61. The van der Waals surface area contributed by atoms with Gasteiger partial charge in [0.2, 0.25) is 0 Å². The minimum absolute atomic E-state index is 0.0547. The third-order valence-electron chi connectivity index (χ3n) is 7.21. The Bertz CT molecular complexity index is 1440. The van der Waals surface area contributed by atoms with E-state index in [-0.39, 0.29) is 11.8 Å². The van der Waals surface area contributed by atoms with E-state index in [2.05, 4.69) is 31.4 Å². The molecule has 38 heavy (non-hydrogen) atoms. The summed E-state index contributed by atoms with van der Waals surface area (Å²) in [5.41, 5.74) is -0.215. The number of thiazole rings is 1. The number of piperazine rings is 1. The molecule has 2 aliphatic heterocycles. The molecule has 0 radical (unpaired) electrons. The molecule has 0 aliphatic carbocycles. The maximum absolute atomic E-state index is 13.2. The van der Waals surface area contributed by atoms with Gasteiger partial charge in [0.05, 0.1) is 15.3 Å². The van der Waals surface area contributed by atoms with Crippen LogP contribution in [0.25, 0.3) is 10.1 Å². The highest BCUT2D eigenvalue weighted by atomic mass is 32.1. The Hall–Kier alpha value is -3.25. The van der Waals surface area contributed by atoms with Crippen molar-refractivity contribution in [3.63, 3.8) is 0 Å². The van der Waals surface area contributed by atoms with E-state index >= 15 is 0 Å². The number of carbonyl (C=O) groups excluding carboxylic acids is 1. The Labute approximate surface area is 225 Å². The zero-order valence-corrected chi connectivity index (χ0v) is 22.0. The lowest BCUT2D eigenvalue weighted by atomic mass is 9.97. The number of piperidine rings is 1. The van der Waals surface area contributed by atoms with Crippen LogP contribution < -0.4 is 9.80 Å². The summed E-state index contributed by atoms with van der Waals surface area (Å²) in [6.07, 6.45) is -1.68. The quantitative estimate of drug-likeness (QED) is 0.329. The number of benzene rings is 1. The summed E-state index contributed by atoms with van der Waals surface area (Å²) < 4.78 is 45.0. The molecule has 2 aliphatic rings. The Morgan fingerprint density at radius 1 is 0.974 bits per heavy atom. The molecule has 0 saturated carbocycles. The number of carbonyl (C=O) groups is 1. The number of hydrogen-bond acceptors (Lipinski definition) is 8. The van der Waals surface area contributed by atoms with E-state index in [1.54, 1.807) is 0 Å². The third-order valence-corrected chi connectivity index (χ3v) is 9.03. The molecule has 4 aromatic rings. The van der Waals surface area contributed by atoms with Crippen LogP contribution in [0.2, 0.25) is 0 Å². The molecule has 0 unspecified atom stereocenters. The number of hydrogen-bond donors (Lipinski definition) is 0. The van der Waals surface area contributed by atoms with Gasteiger partial charge in [-0.3, -0.25) is 4.79 Å². The van der Waals surface area contributed by atoms with E-state index in [0.29, 0.717) is 37.7 Å².